The molecule has 0 radical (unpaired) electrons. The SMILES string of the molecule is CCCCCN(CC(O)C(Cc1ccccc1)NC(=O)c1cccc(O)c1)Sc1ccc2ncsc2c1. The quantitative estimate of drug-likeness (QED) is 0.146. The summed E-state index contributed by atoms with van der Waals surface area (Å²) in [5.74, 6) is -0.291. The van der Waals surface area contributed by atoms with Gasteiger partial charge >= 0.3 is 0 Å². The number of carbonyl (C=O) groups excluding carboxylic acids is 1. The maximum absolute atomic E-state index is 13.0. The van der Waals surface area contributed by atoms with Crippen molar-refractivity contribution in [2.45, 2.75) is 49.6 Å². The third-order valence-corrected chi connectivity index (χ3v) is 7.97. The molecule has 0 spiro atoms. The van der Waals surface area contributed by atoms with E-state index in [1.165, 1.54) is 12.1 Å². The Morgan fingerprint density at radius 2 is 1.92 bits per heavy atom. The van der Waals surface area contributed by atoms with E-state index in [1.54, 1.807) is 35.4 Å². The van der Waals surface area contributed by atoms with E-state index in [2.05, 4.69) is 33.7 Å². The highest BCUT2D eigenvalue weighted by molar-refractivity contribution is 7.97. The number of aliphatic hydroxyl groups excluding tert-OH is 1. The zero-order valence-corrected chi connectivity index (χ0v) is 22.5. The number of hydrogen-bond acceptors (Lipinski definition) is 7. The molecule has 4 rings (SSSR count). The second kappa shape index (κ2) is 13.6. The first-order valence-electron chi connectivity index (χ1n) is 12.6. The number of aromatic nitrogens is 1. The van der Waals surface area contributed by atoms with Crippen LogP contribution in [0.3, 0.4) is 0 Å². The van der Waals surface area contributed by atoms with Crippen LogP contribution in [-0.2, 0) is 6.42 Å². The van der Waals surface area contributed by atoms with Gasteiger partial charge in [-0.05, 0) is 66.8 Å². The predicted molar refractivity (Wildman–Crippen MR) is 152 cm³/mol. The number of amides is 1. The van der Waals surface area contributed by atoms with Crippen LogP contribution in [0.25, 0.3) is 10.2 Å². The van der Waals surface area contributed by atoms with Gasteiger partial charge in [-0.1, -0.05) is 56.2 Å². The van der Waals surface area contributed by atoms with E-state index < -0.39 is 12.1 Å². The van der Waals surface area contributed by atoms with Gasteiger partial charge < -0.3 is 15.5 Å². The van der Waals surface area contributed by atoms with Crippen LogP contribution >= 0.6 is 23.3 Å². The van der Waals surface area contributed by atoms with Gasteiger partial charge in [0.05, 0.1) is 27.9 Å². The molecule has 1 aromatic heterocycles. The average Bonchev–Trinajstić information content (AvgIpc) is 3.37. The van der Waals surface area contributed by atoms with Crippen LogP contribution in [0.1, 0.15) is 42.1 Å². The van der Waals surface area contributed by atoms with Crippen molar-refractivity contribution in [3.05, 3.63) is 89.4 Å². The monoisotopic (exact) mass is 535 g/mol. The Hall–Kier alpha value is -2.91. The van der Waals surface area contributed by atoms with Gasteiger partial charge in [0, 0.05) is 23.5 Å². The highest BCUT2D eigenvalue weighted by Crippen LogP contribution is 2.29. The van der Waals surface area contributed by atoms with Gasteiger partial charge in [-0.2, -0.15) is 0 Å². The van der Waals surface area contributed by atoms with Crippen molar-refractivity contribution in [2.75, 3.05) is 13.1 Å². The second-order valence-electron chi connectivity index (χ2n) is 9.06. The Kier molecular flexibility index (Phi) is 9.96. The van der Waals surface area contributed by atoms with Crippen molar-refractivity contribution in [3.63, 3.8) is 0 Å². The first-order valence-corrected chi connectivity index (χ1v) is 14.2. The van der Waals surface area contributed by atoms with Crippen molar-refractivity contribution in [2.24, 2.45) is 0 Å². The summed E-state index contributed by atoms with van der Waals surface area (Å²) in [6.45, 7) is 3.40. The molecule has 1 amide bonds. The average molecular weight is 536 g/mol. The Morgan fingerprint density at radius 1 is 1.08 bits per heavy atom. The van der Waals surface area contributed by atoms with Crippen molar-refractivity contribution in [1.82, 2.24) is 14.6 Å². The number of benzene rings is 3. The Balaban J connectivity index is 1.51. The molecule has 0 aliphatic heterocycles. The fourth-order valence-electron chi connectivity index (χ4n) is 4.14. The van der Waals surface area contributed by atoms with Crippen molar-refractivity contribution >= 4 is 39.4 Å². The van der Waals surface area contributed by atoms with Crippen LogP contribution in [-0.4, -0.2) is 50.6 Å². The molecule has 0 aliphatic carbocycles. The number of aliphatic hydroxyl groups is 1. The molecule has 6 nitrogen and oxygen atoms in total. The Morgan fingerprint density at radius 3 is 2.70 bits per heavy atom. The summed E-state index contributed by atoms with van der Waals surface area (Å²) in [7, 11) is 0. The lowest BCUT2D eigenvalue weighted by molar-refractivity contribution is 0.0789. The fraction of sp³-hybridized carbons (Fsp3) is 0.310. The summed E-state index contributed by atoms with van der Waals surface area (Å²) in [5, 5.41) is 24.3. The van der Waals surface area contributed by atoms with Crippen molar-refractivity contribution < 1.29 is 15.0 Å². The normalized spacial score (nSPS) is 13.1. The maximum atomic E-state index is 13.0. The molecular weight excluding hydrogens is 502 g/mol. The molecule has 37 heavy (non-hydrogen) atoms. The first kappa shape index (κ1) is 27.1. The van der Waals surface area contributed by atoms with Crippen molar-refractivity contribution in [1.29, 1.82) is 0 Å². The molecule has 2 unspecified atom stereocenters. The number of nitrogens with zero attached hydrogens (tertiary/aromatic N) is 2. The third kappa shape index (κ3) is 8.04. The van der Waals surface area contributed by atoms with Gasteiger partial charge in [0.25, 0.3) is 5.91 Å². The number of carbonyl (C=O) groups is 1. The zero-order valence-electron chi connectivity index (χ0n) is 20.9. The number of thiazole rings is 1. The first-order chi connectivity index (χ1) is 18.0. The zero-order chi connectivity index (χ0) is 26.0. The molecule has 1 heterocycles. The molecule has 3 N–H and O–H groups in total. The molecule has 0 saturated carbocycles. The van der Waals surface area contributed by atoms with Crippen LogP contribution in [0, 0.1) is 0 Å². The molecular formula is C29H33N3O3S2. The summed E-state index contributed by atoms with van der Waals surface area (Å²) in [6.07, 6.45) is 2.95. The lowest BCUT2D eigenvalue weighted by atomic mass is 10.0. The van der Waals surface area contributed by atoms with Gasteiger partial charge in [0.2, 0.25) is 0 Å². The van der Waals surface area contributed by atoms with E-state index in [0.29, 0.717) is 18.5 Å². The van der Waals surface area contributed by atoms with E-state index in [-0.39, 0.29) is 11.7 Å². The highest BCUT2D eigenvalue weighted by Gasteiger charge is 2.25. The number of phenols is 1. The molecule has 0 aliphatic rings. The van der Waals surface area contributed by atoms with Gasteiger partial charge in [-0.25, -0.2) is 9.29 Å². The van der Waals surface area contributed by atoms with Crippen LogP contribution in [0.2, 0.25) is 0 Å². The molecule has 8 heteroatoms. The van der Waals surface area contributed by atoms with Gasteiger partial charge in [0.15, 0.2) is 0 Å². The molecule has 0 fully saturated rings. The summed E-state index contributed by atoms with van der Waals surface area (Å²) in [4.78, 5) is 18.5. The van der Waals surface area contributed by atoms with E-state index >= 15 is 0 Å². The van der Waals surface area contributed by atoms with Gasteiger partial charge in [-0.15, -0.1) is 11.3 Å². The number of fused-ring (bicyclic) bond motifs is 1. The minimum atomic E-state index is -0.803. The van der Waals surface area contributed by atoms with Crippen LogP contribution in [0.4, 0.5) is 0 Å². The summed E-state index contributed by atoms with van der Waals surface area (Å²) in [5.41, 5.74) is 4.23. The number of aromatic hydroxyl groups is 1. The number of unbranched alkanes of at least 4 members (excludes halogenated alkanes) is 2. The van der Waals surface area contributed by atoms with Crippen LogP contribution < -0.4 is 5.32 Å². The highest BCUT2D eigenvalue weighted by atomic mass is 32.2. The minimum Gasteiger partial charge on any atom is -0.508 e. The van der Waals surface area contributed by atoms with Crippen LogP contribution in [0.5, 0.6) is 5.75 Å². The summed E-state index contributed by atoms with van der Waals surface area (Å²) in [6, 6.07) is 21.9. The Bertz CT molecular complexity index is 1280. The molecule has 0 bridgehead atoms. The van der Waals surface area contributed by atoms with Crippen molar-refractivity contribution in [3.8, 4) is 5.75 Å². The Labute approximate surface area is 226 Å². The minimum absolute atomic E-state index is 0.0317. The van der Waals surface area contributed by atoms with E-state index in [4.69, 9.17) is 0 Å². The third-order valence-electron chi connectivity index (χ3n) is 6.13. The molecule has 2 atom stereocenters. The summed E-state index contributed by atoms with van der Waals surface area (Å²) >= 11 is 3.25. The number of hydrogen-bond donors (Lipinski definition) is 3. The lowest BCUT2D eigenvalue weighted by Crippen LogP contribution is -2.48. The fourth-order valence-corrected chi connectivity index (χ4v) is 5.98. The molecule has 3 aromatic carbocycles. The van der Waals surface area contributed by atoms with E-state index in [9.17, 15) is 15.0 Å². The largest absolute Gasteiger partial charge is 0.508 e. The van der Waals surface area contributed by atoms with Gasteiger partial charge in [0.1, 0.15) is 5.75 Å². The van der Waals surface area contributed by atoms with E-state index in [1.807, 2.05) is 41.9 Å². The maximum Gasteiger partial charge on any atom is 0.251 e. The predicted octanol–water partition coefficient (Wildman–Crippen LogP) is 5.90. The molecule has 194 valence electrons. The molecule has 4 aromatic rings. The number of rotatable bonds is 13. The second-order valence-corrected chi connectivity index (χ2v) is 11.1. The van der Waals surface area contributed by atoms with Gasteiger partial charge in [-0.3, -0.25) is 4.79 Å². The summed E-state index contributed by atoms with van der Waals surface area (Å²) < 4.78 is 3.33. The topological polar surface area (TPSA) is 85.7 Å². The molecule has 0 saturated heterocycles. The number of phenolic OH excluding ortho intramolecular Hbond substituents is 1. The number of nitrogens with one attached hydrogen (secondary N) is 1. The smallest absolute Gasteiger partial charge is 0.251 e. The lowest BCUT2D eigenvalue weighted by Gasteiger charge is -2.29. The standard InChI is InChI=1S/C29H33N3O3S2/c1-2-3-7-15-32(37-24-13-14-25-28(18-24)36-20-30-25)19-27(34)26(16-21-9-5-4-6-10-21)31-29(35)22-11-8-12-23(33)17-22/h4-6,8-14,17-18,20,26-27,33-34H,2-3,7,15-16,19H2,1H3,(H,31,35). The van der Waals surface area contributed by atoms with Crippen LogP contribution in [0.15, 0.2) is 83.2 Å². The van der Waals surface area contributed by atoms with E-state index in [0.717, 1.165) is 46.5 Å².